The summed E-state index contributed by atoms with van der Waals surface area (Å²) in [6.07, 6.45) is 4.66. The maximum Gasteiger partial charge on any atom is 0.142 e. The Hall–Kier alpha value is -1.22. The topological polar surface area (TPSA) is 30.5 Å². The van der Waals surface area contributed by atoms with Gasteiger partial charge in [-0.3, -0.25) is 0 Å². The summed E-state index contributed by atoms with van der Waals surface area (Å²) >= 11 is 0. The Balaban J connectivity index is 1.79. The van der Waals surface area contributed by atoms with Gasteiger partial charge in [0.05, 0.1) is 12.3 Å². The summed E-state index contributed by atoms with van der Waals surface area (Å²) < 4.78 is 11.3. The van der Waals surface area contributed by atoms with Crippen molar-refractivity contribution in [2.75, 3.05) is 31.7 Å². The number of para-hydroxylation sites is 1. The quantitative estimate of drug-likeness (QED) is 0.752. The van der Waals surface area contributed by atoms with Crippen molar-refractivity contribution >= 4 is 5.69 Å². The van der Waals surface area contributed by atoms with E-state index in [0.29, 0.717) is 13.2 Å². The van der Waals surface area contributed by atoms with Crippen LogP contribution in [0.15, 0.2) is 18.2 Å². The molecule has 0 atom stereocenters. The van der Waals surface area contributed by atoms with Crippen LogP contribution in [0.3, 0.4) is 0 Å². The molecule has 0 spiro atoms. The summed E-state index contributed by atoms with van der Waals surface area (Å²) in [5, 5.41) is 3.43. The van der Waals surface area contributed by atoms with Crippen molar-refractivity contribution in [3.63, 3.8) is 0 Å². The Morgan fingerprint density at radius 1 is 1.22 bits per heavy atom. The summed E-state index contributed by atoms with van der Waals surface area (Å²) in [5.74, 6) is 0.964. The summed E-state index contributed by atoms with van der Waals surface area (Å²) in [6.45, 7) is 5.35. The fourth-order valence-corrected chi connectivity index (χ4v) is 2.16. The van der Waals surface area contributed by atoms with E-state index < -0.39 is 0 Å². The van der Waals surface area contributed by atoms with Gasteiger partial charge in [0.1, 0.15) is 12.4 Å². The zero-order valence-electron chi connectivity index (χ0n) is 11.2. The van der Waals surface area contributed by atoms with Crippen molar-refractivity contribution in [1.82, 2.24) is 0 Å². The lowest BCUT2D eigenvalue weighted by Crippen LogP contribution is -2.14. The van der Waals surface area contributed by atoms with Crippen LogP contribution in [0.5, 0.6) is 5.75 Å². The van der Waals surface area contributed by atoms with Gasteiger partial charge in [-0.25, -0.2) is 0 Å². The van der Waals surface area contributed by atoms with Gasteiger partial charge in [-0.15, -0.1) is 0 Å². The summed E-state index contributed by atoms with van der Waals surface area (Å²) in [7, 11) is 0. The van der Waals surface area contributed by atoms with Crippen LogP contribution >= 0.6 is 0 Å². The SMILES string of the molecule is CCCCOCCOc1cccc2c1NCCC2. The molecule has 1 aromatic carbocycles. The number of ether oxygens (including phenoxy) is 2. The van der Waals surface area contributed by atoms with E-state index in [4.69, 9.17) is 9.47 Å². The monoisotopic (exact) mass is 249 g/mol. The zero-order valence-corrected chi connectivity index (χ0v) is 11.2. The highest BCUT2D eigenvalue weighted by molar-refractivity contribution is 5.63. The van der Waals surface area contributed by atoms with Crippen LogP contribution in [0.1, 0.15) is 31.7 Å². The molecule has 0 bridgehead atoms. The highest BCUT2D eigenvalue weighted by Gasteiger charge is 2.12. The van der Waals surface area contributed by atoms with E-state index in [-0.39, 0.29) is 0 Å². The fraction of sp³-hybridized carbons (Fsp3) is 0.600. The molecule has 0 saturated carbocycles. The van der Waals surface area contributed by atoms with Gasteiger partial charge in [-0.05, 0) is 30.9 Å². The van der Waals surface area contributed by atoms with Crippen LogP contribution in [-0.4, -0.2) is 26.4 Å². The molecule has 1 N–H and O–H groups in total. The van der Waals surface area contributed by atoms with E-state index in [2.05, 4.69) is 24.4 Å². The number of anilines is 1. The molecule has 18 heavy (non-hydrogen) atoms. The molecular formula is C15H23NO2. The second kappa shape index (κ2) is 7.27. The van der Waals surface area contributed by atoms with E-state index in [9.17, 15) is 0 Å². The molecular weight excluding hydrogens is 226 g/mol. The molecule has 100 valence electrons. The van der Waals surface area contributed by atoms with Crippen LogP contribution in [0.2, 0.25) is 0 Å². The molecule has 3 nitrogen and oxygen atoms in total. The van der Waals surface area contributed by atoms with Crippen LogP contribution in [0.4, 0.5) is 5.69 Å². The van der Waals surface area contributed by atoms with Crippen molar-refractivity contribution in [3.8, 4) is 5.75 Å². The first-order valence-electron chi connectivity index (χ1n) is 6.98. The highest BCUT2D eigenvalue weighted by atomic mass is 16.5. The largest absolute Gasteiger partial charge is 0.489 e. The van der Waals surface area contributed by atoms with Crippen molar-refractivity contribution in [2.45, 2.75) is 32.6 Å². The van der Waals surface area contributed by atoms with Crippen LogP contribution < -0.4 is 10.1 Å². The molecule has 0 radical (unpaired) electrons. The molecule has 1 aliphatic rings. The van der Waals surface area contributed by atoms with Gasteiger partial charge in [-0.1, -0.05) is 25.5 Å². The zero-order chi connectivity index (χ0) is 12.6. The standard InChI is InChI=1S/C15H23NO2/c1-2-3-10-17-11-12-18-14-8-4-6-13-7-5-9-16-15(13)14/h4,6,8,16H,2-3,5,7,9-12H2,1H3. The minimum atomic E-state index is 0.627. The molecule has 0 saturated heterocycles. The van der Waals surface area contributed by atoms with Gasteiger partial charge in [-0.2, -0.15) is 0 Å². The number of fused-ring (bicyclic) bond motifs is 1. The first-order valence-corrected chi connectivity index (χ1v) is 6.98. The molecule has 0 fully saturated rings. The Morgan fingerprint density at radius 3 is 3.06 bits per heavy atom. The molecule has 3 heteroatoms. The number of hydrogen-bond donors (Lipinski definition) is 1. The summed E-state index contributed by atoms with van der Waals surface area (Å²) in [5.41, 5.74) is 2.54. The maximum absolute atomic E-state index is 5.80. The van der Waals surface area contributed by atoms with Gasteiger partial charge >= 0.3 is 0 Å². The first-order chi connectivity index (χ1) is 8.92. The predicted octanol–water partition coefficient (Wildman–Crippen LogP) is 3.24. The third-order valence-electron chi connectivity index (χ3n) is 3.16. The van der Waals surface area contributed by atoms with Gasteiger partial charge in [0.15, 0.2) is 0 Å². The van der Waals surface area contributed by atoms with E-state index in [1.807, 2.05) is 6.07 Å². The lowest BCUT2D eigenvalue weighted by atomic mass is 10.0. The lowest BCUT2D eigenvalue weighted by molar-refractivity contribution is 0.0982. The van der Waals surface area contributed by atoms with Crippen molar-refractivity contribution in [3.05, 3.63) is 23.8 Å². The Kier molecular flexibility index (Phi) is 5.34. The molecule has 1 heterocycles. The van der Waals surface area contributed by atoms with E-state index >= 15 is 0 Å². The Labute approximate surface area is 109 Å². The molecule has 0 amide bonds. The minimum Gasteiger partial charge on any atom is -0.489 e. The van der Waals surface area contributed by atoms with Gasteiger partial charge < -0.3 is 14.8 Å². The van der Waals surface area contributed by atoms with Crippen LogP contribution in [-0.2, 0) is 11.2 Å². The number of benzene rings is 1. The van der Waals surface area contributed by atoms with Gasteiger partial charge in [0.25, 0.3) is 0 Å². The van der Waals surface area contributed by atoms with Crippen molar-refractivity contribution < 1.29 is 9.47 Å². The average molecular weight is 249 g/mol. The Morgan fingerprint density at radius 2 is 2.17 bits per heavy atom. The molecule has 2 rings (SSSR count). The number of aryl methyl sites for hydroxylation is 1. The number of nitrogens with one attached hydrogen (secondary N) is 1. The predicted molar refractivity (Wildman–Crippen MR) is 74.5 cm³/mol. The summed E-state index contributed by atoms with van der Waals surface area (Å²) in [6, 6.07) is 6.27. The third-order valence-corrected chi connectivity index (χ3v) is 3.16. The van der Waals surface area contributed by atoms with Gasteiger partial charge in [0.2, 0.25) is 0 Å². The molecule has 0 aliphatic carbocycles. The highest BCUT2D eigenvalue weighted by Crippen LogP contribution is 2.31. The van der Waals surface area contributed by atoms with Crippen LogP contribution in [0.25, 0.3) is 0 Å². The second-order valence-electron chi connectivity index (χ2n) is 4.63. The molecule has 0 unspecified atom stereocenters. The normalized spacial score (nSPS) is 13.8. The summed E-state index contributed by atoms with van der Waals surface area (Å²) in [4.78, 5) is 0. The fourth-order valence-electron chi connectivity index (χ4n) is 2.16. The minimum absolute atomic E-state index is 0.627. The van der Waals surface area contributed by atoms with Gasteiger partial charge in [0, 0.05) is 13.2 Å². The van der Waals surface area contributed by atoms with Crippen molar-refractivity contribution in [1.29, 1.82) is 0 Å². The maximum atomic E-state index is 5.80. The first kappa shape index (κ1) is 13.2. The molecule has 0 aromatic heterocycles. The number of rotatable bonds is 7. The smallest absolute Gasteiger partial charge is 0.142 e. The van der Waals surface area contributed by atoms with E-state index in [0.717, 1.165) is 31.7 Å². The van der Waals surface area contributed by atoms with E-state index in [1.54, 1.807) is 0 Å². The second-order valence-corrected chi connectivity index (χ2v) is 4.63. The number of unbranched alkanes of at least 4 members (excludes halogenated alkanes) is 1. The lowest BCUT2D eigenvalue weighted by Gasteiger charge is -2.21. The Bertz CT molecular complexity index is 366. The van der Waals surface area contributed by atoms with E-state index in [1.165, 1.54) is 24.1 Å². The van der Waals surface area contributed by atoms with Crippen molar-refractivity contribution in [2.24, 2.45) is 0 Å². The average Bonchev–Trinajstić information content (AvgIpc) is 2.43. The number of hydrogen-bond acceptors (Lipinski definition) is 3. The molecule has 1 aliphatic heterocycles. The molecule has 1 aromatic rings. The third kappa shape index (κ3) is 3.64. The van der Waals surface area contributed by atoms with Crippen LogP contribution in [0, 0.1) is 0 Å².